The van der Waals surface area contributed by atoms with E-state index in [4.69, 9.17) is 5.53 Å². The lowest BCUT2D eigenvalue weighted by Crippen LogP contribution is -2.26. The molecule has 0 amide bonds. The number of benzene rings is 1. The normalized spacial score (nSPS) is 12.0. The van der Waals surface area contributed by atoms with Crippen LogP contribution in [0.4, 0.5) is 0 Å². The van der Waals surface area contributed by atoms with Gasteiger partial charge in [0.1, 0.15) is 0 Å². The number of nitrogens with zero attached hydrogens (tertiary/aromatic N) is 5. The van der Waals surface area contributed by atoms with Crippen LogP contribution in [0, 0.1) is 0 Å². The lowest BCUT2D eigenvalue weighted by molar-refractivity contribution is 0.501. The molecule has 0 aliphatic rings. The first-order chi connectivity index (χ1) is 10.0. The minimum Gasteiger partial charge on any atom is -0.268 e. The van der Waals surface area contributed by atoms with Crippen LogP contribution < -0.4 is 5.56 Å². The van der Waals surface area contributed by atoms with Gasteiger partial charge in [0.2, 0.25) is 0 Å². The van der Waals surface area contributed by atoms with Crippen LogP contribution in [0.3, 0.4) is 0 Å². The minimum absolute atomic E-state index is 0.0382. The number of hydrogen-bond acceptors (Lipinski definition) is 3. The number of rotatable bonds is 4. The summed E-state index contributed by atoms with van der Waals surface area (Å²) in [5.74, 6) is 0. The molecule has 1 unspecified atom stereocenters. The fourth-order valence-corrected chi connectivity index (χ4v) is 2.13. The fraction of sp³-hybridized carbons (Fsp3) is 0.333. The van der Waals surface area contributed by atoms with E-state index in [0.717, 1.165) is 5.56 Å². The molecule has 1 aromatic carbocycles. The van der Waals surface area contributed by atoms with Gasteiger partial charge in [0.15, 0.2) is 0 Å². The van der Waals surface area contributed by atoms with E-state index >= 15 is 0 Å². The summed E-state index contributed by atoms with van der Waals surface area (Å²) in [6.45, 7) is 5.56. The number of aromatic nitrogens is 2. The maximum absolute atomic E-state index is 12.1. The van der Waals surface area contributed by atoms with Gasteiger partial charge >= 0.3 is 0 Å². The Balaban J connectivity index is 2.72. The Bertz CT molecular complexity index is 729. The third-order valence-electron chi connectivity index (χ3n) is 3.20. The average Bonchev–Trinajstić information content (AvgIpc) is 2.47. The Labute approximate surface area is 122 Å². The van der Waals surface area contributed by atoms with Crippen molar-refractivity contribution < 1.29 is 0 Å². The van der Waals surface area contributed by atoms with Crippen LogP contribution >= 0.6 is 0 Å². The van der Waals surface area contributed by atoms with E-state index in [1.165, 1.54) is 10.7 Å². The van der Waals surface area contributed by atoms with E-state index in [1.54, 1.807) is 6.92 Å². The monoisotopic (exact) mass is 283 g/mol. The van der Waals surface area contributed by atoms with Crippen molar-refractivity contribution in [3.05, 3.63) is 62.8 Å². The Morgan fingerprint density at radius 1 is 1.24 bits per heavy atom. The molecule has 0 spiro atoms. The van der Waals surface area contributed by atoms with Crippen molar-refractivity contribution >= 4 is 0 Å². The van der Waals surface area contributed by atoms with E-state index in [2.05, 4.69) is 15.1 Å². The first-order valence-electron chi connectivity index (χ1n) is 6.78. The van der Waals surface area contributed by atoms with E-state index in [9.17, 15) is 4.79 Å². The van der Waals surface area contributed by atoms with Gasteiger partial charge in [0.25, 0.3) is 5.56 Å². The zero-order valence-electron chi connectivity index (χ0n) is 12.3. The lowest BCUT2D eigenvalue weighted by atomic mass is 10.0. The standard InChI is InChI=1S/C15H17N5O/c1-10(2)20-14(21)9-13(11(3)17-19-16)15(18-20)12-7-5-4-6-8-12/h4-11H,1-3H3. The second-order valence-electron chi connectivity index (χ2n) is 5.07. The molecule has 108 valence electrons. The lowest BCUT2D eigenvalue weighted by Gasteiger charge is -2.16. The molecule has 0 aliphatic heterocycles. The maximum Gasteiger partial charge on any atom is 0.267 e. The molecule has 0 bridgehead atoms. The first-order valence-corrected chi connectivity index (χ1v) is 6.78. The maximum atomic E-state index is 12.1. The molecule has 6 heteroatoms. The molecule has 6 nitrogen and oxygen atoms in total. The van der Waals surface area contributed by atoms with Gasteiger partial charge in [-0.1, -0.05) is 42.4 Å². The largest absolute Gasteiger partial charge is 0.268 e. The molecule has 0 fully saturated rings. The summed E-state index contributed by atoms with van der Waals surface area (Å²) >= 11 is 0. The summed E-state index contributed by atoms with van der Waals surface area (Å²) in [5.41, 5.74) is 10.6. The van der Waals surface area contributed by atoms with Crippen LogP contribution in [0.5, 0.6) is 0 Å². The molecule has 1 aromatic heterocycles. The Morgan fingerprint density at radius 2 is 1.90 bits per heavy atom. The predicted octanol–water partition coefficient (Wildman–Crippen LogP) is 3.86. The van der Waals surface area contributed by atoms with Crippen molar-refractivity contribution in [1.29, 1.82) is 0 Å². The molecule has 0 radical (unpaired) electrons. The summed E-state index contributed by atoms with van der Waals surface area (Å²) < 4.78 is 1.44. The highest BCUT2D eigenvalue weighted by molar-refractivity contribution is 5.63. The molecule has 21 heavy (non-hydrogen) atoms. The smallest absolute Gasteiger partial charge is 0.267 e. The highest BCUT2D eigenvalue weighted by Crippen LogP contribution is 2.27. The third-order valence-corrected chi connectivity index (χ3v) is 3.20. The Morgan fingerprint density at radius 3 is 2.48 bits per heavy atom. The van der Waals surface area contributed by atoms with Crippen molar-refractivity contribution in [3.8, 4) is 11.3 Å². The molecule has 2 aromatic rings. The quantitative estimate of drug-likeness (QED) is 0.484. The van der Waals surface area contributed by atoms with Crippen molar-refractivity contribution in [3.63, 3.8) is 0 Å². The van der Waals surface area contributed by atoms with Gasteiger partial charge in [0, 0.05) is 16.5 Å². The Kier molecular flexibility index (Phi) is 4.40. The molecule has 1 heterocycles. The van der Waals surface area contributed by atoms with Crippen LogP contribution in [-0.4, -0.2) is 9.78 Å². The van der Waals surface area contributed by atoms with Gasteiger partial charge < -0.3 is 0 Å². The van der Waals surface area contributed by atoms with Gasteiger partial charge in [-0.25, -0.2) is 4.68 Å². The summed E-state index contributed by atoms with van der Waals surface area (Å²) in [6, 6.07) is 10.6. The van der Waals surface area contributed by atoms with Crippen molar-refractivity contribution in [2.45, 2.75) is 32.9 Å². The van der Waals surface area contributed by atoms with Gasteiger partial charge in [-0.15, -0.1) is 0 Å². The van der Waals surface area contributed by atoms with Gasteiger partial charge in [-0.2, -0.15) is 5.10 Å². The third kappa shape index (κ3) is 3.12. The summed E-state index contributed by atoms with van der Waals surface area (Å²) in [7, 11) is 0. The Hall–Kier alpha value is -2.59. The average molecular weight is 283 g/mol. The van der Waals surface area contributed by atoms with Crippen LogP contribution in [0.2, 0.25) is 0 Å². The molecule has 0 saturated carbocycles. The predicted molar refractivity (Wildman–Crippen MR) is 81.9 cm³/mol. The first kappa shape index (κ1) is 14.8. The second kappa shape index (κ2) is 6.24. The number of hydrogen-bond donors (Lipinski definition) is 0. The van der Waals surface area contributed by atoms with E-state index < -0.39 is 6.04 Å². The van der Waals surface area contributed by atoms with E-state index in [-0.39, 0.29) is 11.6 Å². The summed E-state index contributed by atoms with van der Waals surface area (Å²) in [6.07, 6.45) is 0. The highest BCUT2D eigenvalue weighted by Gasteiger charge is 2.16. The van der Waals surface area contributed by atoms with E-state index in [1.807, 2.05) is 44.2 Å². The second-order valence-corrected chi connectivity index (χ2v) is 5.07. The SMILES string of the molecule is CC(N=[N+]=[N-])c1cc(=O)n(C(C)C)nc1-c1ccccc1. The fourth-order valence-electron chi connectivity index (χ4n) is 2.13. The van der Waals surface area contributed by atoms with Crippen molar-refractivity contribution in [2.75, 3.05) is 0 Å². The molecule has 0 aliphatic carbocycles. The van der Waals surface area contributed by atoms with Crippen LogP contribution in [0.15, 0.2) is 46.3 Å². The minimum atomic E-state index is -0.452. The molecule has 0 saturated heterocycles. The van der Waals surface area contributed by atoms with Gasteiger partial charge in [-0.3, -0.25) is 4.79 Å². The van der Waals surface area contributed by atoms with Crippen LogP contribution in [0.1, 0.15) is 38.4 Å². The van der Waals surface area contributed by atoms with Crippen LogP contribution in [-0.2, 0) is 0 Å². The highest BCUT2D eigenvalue weighted by atomic mass is 16.1. The molecule has 2 rings (SSSR count). The molecule has 0 N–H and O–H groups in total. The van der Waals surface area contributed by atoms with Crippen molar-refractivity contribution in [1.82, 2.24) is 9.78 Å². The molecular formula is C15H17N5O. The number of azide groups is 1. The molecular weight excluding hydrogens is 266 g/mol. The summed E-state index contributed by atoms with van der Waals surface area (Å²) in [4.78, 5) is 15.0. The summed E-state index contributed by atoms with van der Waals surface area (Å²) in [5, 5.41) is 8.16. The molecule has 1 atom stereocenters. The van der Waals surface area contributed by atoms with Crippen LogP contribution in [0.25, 0.3) is 21.7 Å². The zero-order chi connectivity index (χ0) is 15.4. The van der Waals surface area contributed by atoms with Crippen molar-refractivity contribution in [2.24, 2.45) is 5.11 Å². The topological polar surface area (TPSA) is 83.7 Å². The van der Waals surface area contributed by atoms with E-state index in [0.29, 0.717) is 11.3 Å². The van der Waals surface area contributed by atoms with Gasteiger partial charge in [0.05, 0.1) is 17.8 Å². The van der Waals surface area contributed by atoms with Gasteiger partial charge in [-0.05, 0) is 24.9 Å². The zero-order valence-corrected chi connectivity index (χ0v) is 12.3.